The van der Waals surface area contributed by atoms with E-state index in [2.05, 4.69) is 19.9 Å². The van der Waals surface area contributed by atoms with Crippen LogP contribution in [0, 0.1) is 5.82 Å². The van der Waals surface area contributed by atoms with Crippen LogP contribution in [0.2, 0.25) is 5.02 Å². The van der Waals surface area contributed by atoms with E-state index in [1.54, 1.807) is 13.1 Å². The lowest BCUT2D eigenvalue weighted by Gasteiger charge is -2.10. The highest BCUT2D eigenvalue weighted by atomic mass is 35.5. The molecule has 3 rings (SSSR count). The quantitative estimate of drug-likeness (QED) is 0.712. The molecule has 9 heteroatoms. The zero-order chi connectivity index (χ0) is 17.3. The molecule has 2 heterocycles. The molecule has 24 heavy (non-hydrogen) atoms. The molecule has 3 aromatic rings. The van der Waals surface area contributed by atoms with Crippen LogP contribution in [0.3, 0.4) is 0 Å². The van der Waals surface area contributed by atoms with Crippen molar-refractivity contribution in [1.82, 2.24) is 19.7 Å². The second-order valence-electron chi connectivity index (χ2n) is 4.80. The van der Waals surface area contributed by atoms with Gasteiger partial charge in [-0.25, -0.2) is 9.37 Å². The fourth-order valence-electron chi connectivity index (χ4n) is 2.21. The van der Waals surface area contributed by atoms with Gasteiger partial charge in [-0.1, -0.05) is 23.7 Å². The molecule has 124 valence electrons. The maximum Gasteiger partial charge on any atom is 0.388 e. The number of rotatable bonds is 4. The molecule has 0 amide bonds. The molecule has 2 aromatic heterocycles. The Bertz CT molecular complexity index is 885. The molecule has 0 aliphatic rings. The monoisotopic (exact) mass is 354 g/mol. The number of alkyl halides is 2. The number of pyridine rings is 1. The van der Waals surface area contributed by atoms with E-state index in [0.29, 0.717) is 11.4 Å². The van der Waals surface area contributed by atoms with Crippen LogP contribution in [0.25, 0.3) is 22.8 Å². The molecule has 0 unspecified atom stereocenters. The highest BCUT2D eigenvalue weighted by molar-refractivity contribution is 6.30. The summed E-state index contributed by atoms with van der Waals surface area (Å²) in [6, 6.07) is 7.18. The van der Waals surface area contributed by atoms with Gasteiger partial charge >= 0.3 is 6.61 Å². The minimum absolute atomic E-state index is 0.153. The number of nitrogens with zero attached hydrogens (tertiary/aromatic N) is 4. The lowest BCUT2D eigenvalue weighted by molar-refractivity contribution is -0.0524. The fraction of sp³-hybridized carbons (Fsp3) is 0.133. The third kappa shape index (κ3) is 3.18. The van der Waals surface area contributed by atoms with E-state index in [-0.39, 0.29) is 22.3 Å². The summed E-state index contributed by atoms with van der Waals surface area (Å²) in [7, 11) is 1.61. The van der Waals surface area contributed by atoms with Crippen LogP contribution in [-0.2, 0) is 7.05 Å². The largest absolute Gasteiger partial charge is 0.416 e. The van der Waals surface area contributed by atoms with E-state index >= 15 is 0 Å². The van der Waals surface area contributed by atoms with Crippen molar-refractivity contribution in [2.24, 2.45) is 7.05 Å². The topological polar surface area (TPSA) is 52.8 Å². The van der Waals surface area contributed by atoms with Gasteiger partial charge in [0.1, 0.15) is 5.82 Å². The van der Waals surface area contributed by atoms with Gasteiger partial charge in [-0.05, 0) is 18.2 Å². The smallest absolute Gasteiger partial charge is 0.388 e. The van der Waals surface area contributed by atoms with Gasteiger partial charge < -0.3 is 9.30 Å². The van der Waals surface area contributed by atoms with Crippen molar-refractivity contribution < 1.29 is 17.9 Å². The van der Waals surface area contributed by atoms with Crippen molar-refractivity contribution in [3.05, 3.63) is 47.4 Å². The summed E-state index contributed by atoms with van der Waals surface area (Å²) in [5.41, 5.74) is 0.642. The molecule has 0 fully saturated rings. The second-order valence-corrected chi connectivity index (χ2v) is 5.24. The van der Waals surface area contributed by atoms with Crippen molar-refractivity contribution in [1.29, 1.82) is 0 Å². The SMILES string of the molecule is Cn1c(-c2cccc(F)c2)nnc1-c1cc(Cl)cnc1OC(F)F. The van der Waals surface area contributed by atoms with Gasteiger partial charge in [0.05, 0.1) is 10.6 Å². The van der Waals surface area contributed by atoms with Crippen LogP contribution in [0.5, 0.6) is 5.88 Å². The lowest BCUT2D eigenvalue weighted by atomic mass is 10.2. The van der Waals surface area contributed by atoms with Crippen LogP contribution in [0.1, 0.15) is 0 Å². The minimum Gasteiger partial charge on any atom is -0.416 e. The molecular weight excluding hydrogens is 345 g/mol. The first kappa shape index (κ1) is 16.3. The van der Waals surface area contributed by atoms with Gasteiger partial charge in [0.25, 0.3) is 0 Å². The van der Waals surface area contributed by atoms with Crippen molar-refractivity contribution in [2.45, 2.75) is 6.61 Å². The van der Waals surface area contributed by atoms with Crippen molar-refractivity contribution in [3.8, 4) is 28.7 Å². The summed E-state index contributed by atoms with van der Waals surface area (Å²) >= 11 is 5.89. The average Bonchev–Trinajstić information content (AvgIpc) is 2.90. The molecular formula is C15H10ClF3N4O. The Morgan fingerprint density at radius 1 is 1.17 bits per heavy atom. The predicted octanol–water partition coefficient (Wildman–Crippen LogP) is 3.94. The Hall–Kier alpha value is -2.61. The summed E-state index contributed by atoms with van der Waals surface area (Å²) in [6.07, 6.45) is 1.19. The third-order valence-electron chi connectivity index (χ3n) is 3.22. The number of hydrogen-bond donors (Lipinski definition) is 0. The molecule has 0 bridgehead atoms. The van der Waals surface area contributed by atoms with E-state index in [9.17, 15) is 13.2 Å². The molecule has 0 N–H and O–H groups in total. The first-order valence-electron chi connectivity index (χ1n) is 6.72. The molecule has 0 radical (unpaired) electrons. The van der Waals surface area contributed by atoms with Gasteiger partial charge in [0.2, 0.25) is 5.88 Å². The molecule has 0 saturated heterocycles. The number of hydrogen-bond acceptors (Lipinski definition) is 4. The summed E-state index contributed by atoms with van der Waals surface area (Å²) in [5.74, 6) is -0.189. The number of aromatic nitrogens is 4. The zero-order valence-electron chi connectivity index (χ0n) is 12.3. The second kappa shape index (κ2) is 6.48. The maximum atomic E-state index is 13.4. The van der Waals surface area contributed by atoms with Crippen molar-refractivity contribution in [3.63, 3.8) is 0 Å². The van der Waals surface area contributed by atoms with Crippen molar-refractivity contribution in [2.75, 3.05) is 0 Å². The zero-order valence-corrected chi connectivity index (χ0v) is 13.0. The van der Waals surface area contributed by atoms with Gasteiger partial charge in [-0.3, -0.25) is 0 Å². The fourth-order valence-corrected chi connectivity index (χ4v) is 2.37. The minimum atomic E-state index is -3.05. The van der Waals surface area contributed by atoms with Crippen LogP contribution in [0.4, 0.5) is 13.2 Å². The van der Waals surface area contributed by atoms with E-state index in [4.69, 9.17) is 11.6 Å². The standard InChI is InChI=1S/C15H10ClF3N4O/c1-23-12(8-3-2-4-10(17)5-8)21-22-13(23)11-6-9(16)7-20-14(11)24-15(18)19/h2-7,15H,1H3. The maximum absolute atomic E-state index is 13.4. The third-order valence-corrected chi connectivity index (χ3v) is 3.42. The molecule has 1 aromatic carbocycles. The Kier molecular flexibility index (Phi) is 4.39. The Labute approximate surface area is 139 Å². The summed E-state index contributed by atoms with van der Waals surface area (Å²) in [6.45, 7) is -3.05. The average molecular weight is 355 g/mol. The summed E-state index contributed by atoms with van der Waals surface area (Å²) in [5, 5.41) is 8.18. The number of benzene rings is 1. The molecule has 0 saturated carbocycles. The lowest BCUT2D eigenvalue weighted by Crippen LogP contribution is -2.06. The Balaban J connectivity index is 2.10. The predicted molar refractivity (Wildman–Crippen MR) is 81.3 cm³/mol. The molecule has 5 nitrogen and oxygen atoms in total. The van der Waals surface area contributed by atoms with Crippen molar-refractivity contribution >= 4 is 11.6 Å². The highest BCUT2D eigenvalue weighted by Gasteiger charge is 2.20. The summed E-state index contributed by atoms with van der Waals surface area (Å²) < 4.78 is 44.4. The van der Waals surface area contributed by atoms with Gasteiger partial charge in [0.15, 0.2) is 11.6 Å². The normalized spacial score (nSPS) is 11.1. The van der Waals surface area contributed by atoms with E-state index < -0.39 is 12.4 Å². The number of halogens is 4. The molecule has 0 atom stereocenters. The first-order valence-corrected chi connectivity index (χ1v) is 7.09. The molecule has 0 aliphatic carbocycles. The van der Waals surface area contributed by atoms with E-state index in [1.807, 2.05) is 0 Å². The van der Waals surface area contributed by atoms with Crippen LogP contribution in [0.15, 0.2) is 36.5 Å². The molecule has 0 spiro atoms. The van der Waals surface area contributed by atoms with Gasteiger partial charge in [-0.2, -0.15) is 8.78 Å². The molecule has 0 aliphatic heterocycles. The summed E-state index contributed by atoms with van der Waals surface area (Å²) in [4.78, 5) is 3.76. The Morgan fingerprint density at radius 3 is 2.62 bits per heavy atom. The number of ether oxygens (including phenoxy) is 1. The van der Waals surface area contributed by atoms with E-state index in [0.717, 1.165) is 0 Å². The Morgan fingerprint density at radius 2 is 1.92 bits per heavy atom. The van der Waals surface area contributed by atoms with Gasteiger partial charge in [0, 0.05) is 18.8 Å². The first-order chi connectivity index (χ1) is 11.5. The van der Waals surface area contributed by atoms with Crippen LogP contribution < -0.4 is 4.74 Å². The van der Waals surface area contributed by atoms with Crippen LogP contribution >= 0.6 is 11.6 Å². The van der Waals surface area contributed by atoms with Crippen LogP contribution in [-0.4, -0.2) is 26.4 Å². The van der Waals surface area contributed by atoms with Gasteiger partial charge in [-0.15, -0.1) is 10.2 Å². The van der Waals surface area contributed by atoms with E-state index in [1.165, 1.54) is 35.0 Å². The highest BCUT2D eigenvalue weighted by Crippen LogP contribution is 2.32.